The third-order valence-electron chi connectivity index (χ3n) is 4.72. The second kappa shape index (κ2) is 5.68. The molecule has 2 aliphatic heterocycles. The molecule has 0 radical (unpaired) electrons. The van der Waals surface area contributed by atoms with Gasteiger partial charge in [-0.3, -0.25) is 4.90 Å². The molecule has 0 aromatic rings. The highest BCUT2D eigenvalue weighted by molar-refractivity contribution is 4.93. The van der Waals surface area contributed by atoms with Crippen molar-refractivity contribution in [2.45, 2.75) is 51.6 Å². The zero-order valence-corrected chi connectivity index (χ0v) is 11.7. The quantitative estimate of drug-likeness (QED) is 0.815. The molecule has 3 heteroatoms. The average molecular weight is 240 g/mol. The number of ether oxygens (including phenoxy) is 1. The van der Waals surface area contributed by atoms with Gasteiger partial charge in [-0.25, -0.2) is 0 Å². The van der Waals surface area contributed by atoms with Crippen molar-refractivity contribution in [2.24, 2.45) is 5.92 Å². The van der Waals surface area contributed by atoms with E-state index in [1.807, 2.05) is 0 Å². The molecular weight excluding hydrogens is 212 g/mol. The summed E-state index contributed by atoms with van der Waals surface area (Å²) in [6.07, 6.45) is 3.72. The summed E-state index contributed by atoms with van der Waals surface area (Å²) in [5, 5.41) is 3.72. The summed E-state index contributed by atoms with van der Waals surface area (Å²) in [5.41, 5.74) is 0.289. The first-order valence-corrected chi connectivity index (χ1v) is 7.22. The monoisotopic (exact) mass is 240 g/mol. The molecule has 2 rings (SSSR count). The Bertz CT molecular complexity index is 238. The summed E-state index contributed by atoms with van der Waals surface area (Å²) >= 11 is 0. The first-order valence-electron chi connectivity index (χ1n) is 7.22. The fourth-order valence-corrected chi connectivity index (χ4v) is 3.01. The Hall–Kier alpha value is -0.120. The van der Waals surface area contributed by atoms with Gasteiger partial charge in [0.05, 0.1) is 6.61 Å². The standard InChI is InChI=1S/C14H28N2O/c1-4-12(2)13-10-16(8-5-7-15-13)14(3)6-9-17-11-14/h12-13,15H,4-11H2,1-3H3. The third-order valence-corrected chi connectivity index (χ3v) is 4.72. The molecule has 0 amide bonds. The number of hydrogen-bond donors (Lipinski definition) is 1. The first-order chi connectivity index (χ1) is 8.15. The summed E-state index contributed by atoms with van der Waals surface area (Å²) in [4.78, 5) is 2.68. The summed E-state index contributed by atoms with van der Waals surface area (Å²) < 4.78 is 5.61. The molecule has 17 heavy (non-hydrogen) atoms. The van der Waals surface area contributed by atoms with Crippen molar-refractivity contribution in [1.82, 2.24) is 10.2 Å². The summed E-state index contributed by atoms with van der Waals surface area (Å²) in [6, 6.07) is 0.653. The van der Waals surface area contributed by atoms with Gasteiger partial charge in [0.2, 0.25) is 0 Å². The highest BCUT2D eigenvalue weighted by Gasteiger charge is 2.38. The Morgan fingerprint density at radius 3 is 3.00 bits per heavy atom. The van der Waals surface area contributed by atoms with Crippen LogP contribution < -0.4 is 5.32 Å². The molecule has 0 saturated carbocycles. The number of nitrogens with zero attached hydrogens (tertiary/aromatic N) is 1. The summed E-state index contributed by atoms with van der Waals surface area (Å²) in [7, 11) is 0. The molecule has 2 heterocycles. The molecule has 0 aliphatic carbocycles. The van der Waals surface area contributed by atoms with Crippen LogP contribution in [0, 0.1) is 5.92 Å². The van der Waals surface area contributed by atoms with Crippen molar-refractivity contribution in [3.63, 3.8) is 0 Å². The molecule has 3 atom stereocenters. The van der Waals surface area contributed by atoms with Gasteiger partial charge in [0.15, 0.2) is 0 Å². The van der Waals surface area contributed by atoms with Crippen molar-refractivity contribution in [3.8, 4) is 0 Å². The van der Waals surface area contributed by atoms with Gasteiger partial charge in [-0.1, -0.05) is 20.3 Å². The highest BCUT2D eigenvalue weighted by atomic mass is 16.5. The molecule has 2 fully saturated rings. The van der Waals surface area contributed by atoms with Crippen molar-refractivity contribution in [1.29, 1.82) is 0 Å². The Morgan fingerprint density at radius 2 is 2.35 bits per heavy atom. The van der Waals surface area contributed by atoms with Gasteiger partial charge in [-0.05, 0) is 32.2 Å². The van der Waals surface area contributed by atoms with Crippen LogP contribution in [-0.4, -0.2) is 49.3 Å². The maximum absolute atomic E-state index is 5.61. The van der Waals surface area contributed by atoms with E-state index in [0.29, 0.717) is 6.04 Å². The average Bonchev–Trinajstić information content (AvgIpc) is 2.64. The maximum Gasteiger partial charge on any atom is 0.0648 e. The van der Waals surface area contributed by atoms with Gasteiger partial charge in [-0.15, -0.1) is 0 Å². The van der Waals surface area contributed by atoms with Crippen LogP contribution in [0.15, 0.2) is 0 Å². The number of nitrogens with one attached hydrogen (secondary N) is 1. The highest BCUT2D eigenvalue weighted by Crippen LogP contribution is 2.27. The van der Waals surface area contributed by atoms with Crippen molar-refractivity contribution < 1.29 is 4.74 Å². The SMILES string of the molecule is CCC(C)C1CN(C2(C)CCOC2)CCCN1. The van der Waals surface area contributed by atoms with Gasteiger partial charge in [0.25, 0.3) is 0 Å². The lowest BCUT2D eigenvalue weighted by Crippen LogP contribution is -2.52. The lowest BCUT2D eigenvalue weighted by molar-refractivity contribution is 0.0728. The molecule has 0 spiro atoms. The Kier molecular flexibility index (Phi) is 4.45. The van der Waals surface area contributed by atoms with Gasteiger partial charge < -0.3 is 10.1 Å². The largest absolute Gasteiger partial charge is 0.379 e. The fourth-order valence-electron chi connectivity index (χ4n) is 3.01. The maximum atomic E-state index is 5.61. The van der Waals surface area contributed by atoms with Crippen LogP contribution in [0.25, 0.3) is 0 Å². The Morgan fingerprint density at radius 1 is 1.53 bits per heavy atom. The van der Waals surface area contributed by atoms with Crippen LogP contribution in [0.1, 0.15) is 40.0 Å². The lowest BCUT2D eigenvalue weighted by atomic mass is 9.94. The zero-order valence-electron chi connectivity index (χ0n) is 11.7. The van der Waals surface area contributed by atoms with Crippen LogP contribution >= 0.6 is 0 Å². The lowest BCUT2D eigenvalue weighted by Gasteiger charge is -2.39. The minimum absolute atomic E-state index is 0.289. The van der Waals surface area contributed by atoms with Crippen LogP contribution in [-0.2, 0) is 4.74 Å². The fraction of sp³-hybridized carbons (Fsp3) is 1.00. The minimum Gasteiger partial charge on any atom is -0.379 e. The van der Waals surface area contributed by atoms with E-state index in [0.717, 1.165) is 19.1 Å². The summed E-state index contributed by atoms with van der Waals surface area (Å²) in [6.45, 7) is 12.5. The van der Waals surface area contributed by atoms with E-state index >= 15 is 0 Å². The predicted molar refractivity (Wildman–Crippen MR) is 71.3 cm³/mol. The topological polar surface area (TPSA) is 24.5 Å². The van der Waals surface area contributed by atoms with E-state index in [4.69, 9.17) is 4.74 Å². The second-order valence-electron chi connectivity index (χ2n) is 6.05. The molecule has 2 aliphatic rings. The molecule has 2 saturated heterocycles. The molecule has 1 N–H and O–H groups in total. The van der Waals surface area contributed by atoms with Gasteiger partial charge >= 0.3 is 0 Å². The third kappa shape index (κ3) is 3.01. The van der Waals surface area contributed by atoms with E-state index in [9.17, 15) is 0 Å². The minimum atomic E-state index is 0.289. The van der Waals surface area contributed by atoms with E-state index < -0.39 is 0 Å². The zero-order chi connectivity index (χ0) is 12.3. The van der Waals surface area contributed by atoms with Gasteiger partial charge in [-0.2, -0.15) is 0 Å². The van der Waals surface area contributed by atoms with Crippen molar-refractivity contribution in [2.75, 3.05) is 32.8 Å². The Labute approximate surface area is 106 Å². The van der Waals surface area contributed by atoms with Gasteiger partial charge in [0, 0.05) is 31.3 Å². The number of rotatable bonds is 3. The smallest absolute Gasteiger partial charge is 0.0648 e. The second-order valence-corrected chi connectivity index (χ2v) is 6.05. The van der Waals surface area contributed by atoms with Crippen molar-refractivity contribution >= 4 is 0 Å². The van der Waals surface area contributed by atoms with E-state index in [2.05, 4.69) is 31.0 Å². The van der Waals surface area contributed by atoms with Crippen LogP contribution in [0.5, 0.6) is 0 Å². The molecule has 0 aromatic carbocycles. The number of hydrogen-bond acceptors (Lipinski definition) is 3. The van der Waals surface area contributed by atoms with Crippen LogP contribution in [0.4, 0.5) is 0 Å². The molecule has 100 valence electrons. The molecule has 0 bridgehead atoms. The van der Waals surface area contributed by atoms with Crippen molar-refractivity contribution in [3.05, 3.63) is 0 Å². The molecular formula is C14H28N2O. The molecule has 0 aromatic heterocycles. The predicted octanol–water partition coefficient (Wildman–Crippen LogP) is 1.88. The Balaban J connectivity index is 2.01. The van der Waals surface area contributed by atoms with E-state index in [-0.39, 0.29) is 5.54 Å². The first kappa shape index (κ1) is 13.3. The van der Waals surface area contributed by atoms with E-state index in [1.54, 1.807) is 0 Å². The van der Waals surface area contributed by atoms with Crippen LogP contribution in [0.3, 0.4) is 0 Å². The van der Waals surface area contributed by atoms with Gasteiger partial charge in [0.1, 0.15) is 0 Å². The molecule has 3 nitrogen and oxygen atoms in total. The van der Waals surface area contributed by atoms with Crippen LogP contribution in [0.2, 0.25) is 0 Å². The van der Waals surface area contributed by atoms with E-state index in [1.165, 1.54) is 38.9 Å². The molecule has 3 unspecified atom stereocenters. The normalized spacial score (nSPS) is 37.9. The summed E-state index contributed by atoms with van der Waals surface area (Å²) in [5.74, 6) is 0.765.